The van der Waals surface area contributed by atoms with Crippen LogP contribution in [0.25, 0.3) is 0 Å². The lowest BCUT2D eigenvalue weighted by Gasteiger charge is -2.13. The van der Waals surface area contributed by atoms with Crippen molar-refractivity contribution in [1.82, 2.24) is 15.8 Å². The second-order valence-electron chi connectivity index (χ2n) is 4.37. The van der Waals surface area contributed by atoms with Gasteiger partial charge in [0.15, 0.2) is 0 Å². The Kier molecular flexibility index (Phi) is 5.85. The molecular weight excluding hydrogens is 282 g/mol. The van der Waals surface area contributed by atoms with Crippen molar-refractivity contribution < 1.29 is 28.8 Å². The number of urea groups is 1. The summed E-state index contributed by atoms with van der Waals surface area (Å²) in [6, 6.07) is -1.12. The van der Waals surface area contributed by atoms with Crippen LogP contribution < -0.4 is 10.6 Å². The number of carbonyl (C=O) groups is 3. The van der Waals surface area contributed by atoms with E-state index in [-0.39, 0.29) is 0 Å². The van der Waals surface area contributed by atoms with Crippen LogP contribution in [0.1, 0.15) is 30.0 Å². The van der Waals surface area contributed by atoms with E-state index >= 15 is 0 Å². The monoisotopic (exact) mass is 299 g/mol. The summed E-state index contributed by atoms with van der Waals surface area (Å²) in [5.41, 5.74) is 1.39. The summed E-state index contributed by atoms with van der Waals surface area (Å²) >= 11 is 0. The molecule has 1 heterocycles. The third-order valence-corrected chi connectivity index (χ3v) is 2.58. The predicted octanol–water partition coefficient (Wildman–Crippen LogP) is 0.279. The molecule has 116 valence electrons. The van der Waals surface area contributed by atoms with Gasteiger partial charge in [-0.15, -0.1) is 0 Å². The quantitative estimate of drug-likeness (QED) is 0.687. The average Bonchev–Trinajstić information content (AvgIpc) is 2.68. The molecule has 3 amide bonds. The molecule has 0 aromatic carbocycles. The number of rotatable bonds is 6. The lowest BCUT2D eigenvalue weighted by molar-refractivity contribution is -0.143. The lowest BCUT2D eigenvalue weighted by atomic mass is 10.1. The maximum atomic E-state index is 11.6. The largest absolute Gasteiger partial charge is 0.480 e. The molecule has 0 aliphatic rings. The zero-order chi connectivity index (χ0) is 16.0. The Morgan fingerprint density at radius 3 is 2.52 bits per heavy atom. The van der Waals surface area contributed by atoms with Crippen molar-refractivity contribution in [3.63, 3.8) is 0 Å². The van der Waals surface area contributed by atoms with Crippen LogP contribution in [0.15, 0.2) is 4.52 Å². The van der Waals surface area contributed by atoms with Crippen molar-refractivity contribution in [2.75, 3.05) is 13.2 Å². The summed E-state index contributed by atoms with van der Waals surface area (Å²) in [6.07, 6.45) is 0. The second kappa shape index (κ2) is 7.39. The van der Waals surface area contributed by atoms with Crippen molar-refractivity contribution in [1.29, 1.82) is 0 Å². The molecule has 1 unspecified atom stereocenters. The SMILES string of the molecule is Cc1noc(C)c1C(C)NC(=O)NC(=O)COCC(=O)O. The number of hydrogen-bond acceptors (Lipinski definition) is 6. The molecule has 9 heteroatoms. The van der Waals surface area contributed by atoms with Crippen LogP contribution in [-0.4, -0.2) is 41.4 Å². The van der Waals surface area contributed by atoms with Crippen molar-refractivity contribution >= 4 is 17.9 Å². The van der Waals surface area contributed by atoms with E-state index in [1.165, 1.54) is 0 Å². The first-order valence-corrected chi connectivity index (χ1v) is 6.14. The summed E-state index contributed by atoms with van der Waals surface area (Å²) in [7, 11) is 0. The minimum absolute atomic E-state index is 0.399. The molecular formula is C12H17N3O6. The van der Waals surface area contributed by atoms with Crippen molar-refractivity contribution in [3.8, 4) is 0 Å². The Bertz CT molecular complexity index is 520. The first kappa shape index (κ1) is 16.6. The molecule has 0 radical (unpaired) electrons. The molecule has 0 spiro atoms. The number of hydrogen-bond donors (Lipinski definition) is 3. The average molecular weight is 299 g/mol. The maximum absolute atomic E-state index is 11.6. The van der Waals surface area contributed by atoms with Gasteiger partial charge in [0.25, 0.3) is 5.91 Å². The van der Waals surface area contributed by atoms with E-state index in [2.05, 4.69) is 15.2 Å². The van der Waals surface area contributed by atoms with Gasteiger partial charge in [-0.05, 0) is 20.8 Å². The first-order valence-electron chi connectivity index (χ1n) is 6.14. The number of ether oxygens (including phenoxy) is 1. The molecule has 1 aromatic heterocycles. The van der Waals surface area contributed by atoms with E-state index in [0.29, 0.717) is 11.5 Å². The Morgan fingerprint density at radius 2 is 2.00 bits per heavy atom. The zero-order valence-corrected chi connectivity index (χ0v) is 11.9. The van der Waals surface area contributed by atoms with Gasteiger partial charge >= 0.3 is 12.0 Å². The molecule has 0 bridgehead atoms. The third kappa shape index (κ3) is 5.22. The third-order valence-electron chi connectivity index (χ3n) is 2.58. The minimum atomic E-state index is -1.20. The van der Waals surface area contributed by atoms with E-state index < -0.39 is 37.2 Å². The molecule has 1 rings (SSSR count). The number of aryl methyl sites for hydroxylation is 2. The highest BCUT2D eigenvalue weighted by molar-refractivity contribution is 5.95. The summed E-state index contributed by atoms with van der Waals surface area (Å²) in [5, 5.41) is 16.7. The summed E-state index contributed by atoms with van der Waals surface area (Å²) in [5.74, 6) is -1.35. The zero-order valence-electron chi connectivity index (χ0n) is 11.9. The van der Waals surface area contributed by atoms with Crippen molar-refractivity contribution in [2.45, 2.75) is 26.8 Å². The van der Waals surface area contributed by atoms with Crippen LogP contribution >= 0.6 is 0 Å². The minimum Gasteiger partial charge on any atom is -0.480 e. The van der Waals surface area contributed by atoms with Gasteiger partial charge in [0, 0.05) is 5.56 Å². The van der Waals surface area contributed by atoms with E-state index in [9.17, 15) is 14.4 Å². The van der Waals surface area contributed by atoms with Gasteiger partial charge in [0.1, 0.15) is 19.0 Å². The van der Waals surface area contributed by atoms with Gasteiger partial charge in [-0.3, -0.25) is 10.1 Å². The number of aromatic nitrogens is 1. The standard InChI is InChI=1S/C12H17N3O6/c1-6(11-7(2)15-21-8(11)3)13-12(19)14-9(16)4-20-5-10(17)18/h6H,4-5H2,1-3H3,(H,17,18)(H2,13,14,16,19). The van der Waals surface area contributed by atoms with Gasteiger partial charge in [0.05, 0.1) is 11.7 Å². The van der Waals surface area contributed by atoms with Gasteiger partial charge < -0.3 is 19.7 Å². The Hall–Kier alpha value is -2.42. The van der Waals surface area contributed by atoms with Gasteiger partial charge in [-0.2, -0.15) is 0 Å². The molecule has 1 aromatic rings. The number of nitrogens with one attached hydrogen (secondary N) is 2. The fourth-order valence-electron chi connectivity index (χ4n) is 1.81. The molecule has 1 atom stereocenters. The van der Waals surface area contributed by atoms with E-state index in [1.807, 2.05) is 5.32 Å². The molecule has 0 saturated carbocycles. The van der Waals surface area contributed by atoms with Gasteiger partial charge in [0.2, 0.25) is 0 Å². The van der Waals surface area contributed by atoms with Crippen LogP contribution in [0.5, 0.6) is 0 Å². The van der Waals surface area contributed by atoms with Crippen LogP contribution in [-0.2, 0) is 14.3 Å². The molecule has 21 heavy (non-hydrogen) atoms. The number of carbonyl (C=O) groups excluding carboxylic acids is 2. The van der Waals surface area contributed by atoms with E-state index in [1.54, 1.807) is 20.8 Å². The fourth-order valence-corrected chi connectivity index (χ4v) is 1.81. The van der Waals surface area contributed by atoms with Gasteiger partial charge in [-0.25, -0.2) is 9.59 Å². The predicted molar refractivity (Wildman–Crippen MR) is 69.5 cm³/mol. The van der Waals surface area contributed by atoms with Crippen LogP contribution in [0, 0.1) is 13.8 Å². The van der Waals surface area contributed by atoms with Crippen molar-refractivity contribution in [3.05, 3.63) is 17.0 Å². The molecule has 0 aliphatic carbocycles. The number of imide groups is 1. The Balaban J connectivity index is 2.43. The highest BCUT2D eigenvalue weighted by atomic mass is 16.5. The molecule has 0 fully saturated rings. The lowest BCUT2D eigenvalue weighted by Crippen LogP contribution is -2.42. The summed E-state index contributed by atoms with van der Waals surface area (Å²) < 4.78 is 9.55. The molecule has 0 aliphatic heterocycles. The van der Waals surface area contributed by atoms with Crippen LogP contribution in [0.4, 0.5) is 4.79 Å². The maximum Gasteiger partial charge on any atom is 0.329 e. The van der Waals surface area contributed by atoms with Crippen LogP contribution in [0.2, 0.25) is 0 Å². The summed E-state index contributed by atoms with van der Waals surface area (Å²) in [6.45, 7) is 4.06. The molecule has 9 nitrogen and oxygen atoms in total. The Morgan fingerprint density at radius 1 is 1.33 bits per heavy atom. The topological polar surface area (TPSA) is 131 Å². The van der Waals surface area contributed by atoms with E-state index in [0.717, 1.165) is 5.56 Å². The number of nitrogens with zero attached hydrogens (tertiary/aromatic N) is 1. The number of amides is 3. The fraction of sp³-hybridized carbons (Fsp3) is 0.500. The number of aliphatic carboxylic acids is 1. The highest BCUT2D eigenvalue weighted by Gasteiger charge is 2.19. The van der Waals surface area contributed by atoms with E-state index in [4.69, 9.17) is 9.63 Å². The molecule has 3 N–H and O–H groups in total. The first-order chi connectivity index (χ1) is 9.81. The summed E-state index contributed by atoms with van der Waals surface area (Å²) in [4.78, 5) is 33.1. The molecule has 0 saturated heterocycles. The van der Waals surface area contributed by atoms with Crippen LogP contribution in [0.3, 0.4) is 0 Å². The smallest absolute Gasteiger partial charge is 0.329 e. The normalized spacial score (nSPS) is 11.8. The highest BCUT2D eigenvalue weighted by Crippen LogP contribution is 2.20. The Labute approximate surface area is 120 Å². The second-order valence-corrected chi connectivity index (χ2v) is 4.37. The number of carboxylic acids is 1. The number of carboxylic acid groups (broad SMARTS) is 1. The van der Waals surface area contributed by atoms with Crippen molar-refractivity contribution in [2.24, 2.45) is 0 Å². The van der Waals surface area contributed by atoms with Gasteiger partial charge in [-0.1, -0.05) is 5.16 Å².